The van der Waals surface area contributed by atoms with Gasteiger partial charge in [-0.25, -0.2) is 0 Å². The van der Waals surface area contributed by atoms with Crippen LogP contribution in [0.5, 0.6) is 0 Å². The lowest BCUT2D eigenvalue weighted by Crippen LogP contribution is -2.38. The molecule has 0 aromatic rings. The molecule has 1 saturated heterocycles. The number of aliphatic hydroxyl groups is 1. The van der Waals surface area contributed by atoms with Crippen molar-refractivity contribution >= 4 is 0 Å². The lowest BCUT2D eigenvalue weighted by atomic mass is 9.87. The van der Waals surface area contributed by atoms with Crippen molar-refractivity contribution in [2.75, 3.05) is 26.2 Å². The zero-order chi connectivity index (χ0) is 13.4. The van der Waals surface area contributed by atoms with Crippen molar-refractivity contribution < 1.29 is 5.11 Å². The number of likely N-dealkylation sites (tertiary alicyclic amines) is 1. The molecule has 0 amide bonds. The molecule has 0 bridgehead atoms. The quantitative estimate of drug-likeness (QED) is 0.688. The summed E-state index contributed by atoms with van der Waals surface area (Å²) in [6.07, 6.45) is 8.77. The maximum Gasteiger partial charge on any atom is 0.0586 e. The minimum atomic E-state index is 0.287. The van der Waals surface area contributed by atoms with Gasteiger partial charge in [0.1, 0.15) is 0 Å². The van der Waals surface area contributed by atoms with Crippen molar-refractivity contribution in [3.8, 4) is 0 Å². The summed E-state index contributed by atoms with van der Waals surface area (Å²) in [5.41, 5.74) is 6.04. The molecule has 3 nitrogen and oxygen atoms in total. The Morgan fingerprint density at radius 3 is 2.67 bits per heavy atom. The molecule has 0 aromatic heterocycles. The fourth-order valence-corrected chi connectivity index (χ4v) is 2.76. The zero-order valence-corrected chi connectivity index (χ0v) is 12.3. The van der Waals surface area contributed by atoms with Crippen LogP contribution in [0.1, 0.15) is 58.8 Å². The third kappa shape index (κ3) is 5.68. The number of aliphatic hydroxyl groups excluding tert-OH is 1. The number of nitrogens with two attached hydrogens (primary N) is 1. The molecule has 3 N–H and O–H groups in total. The van der Waals surface area contributed by atoms with Crippen LogP contribution in [0.2, 0.25) is 0 Å². The first-order valence-corrected chi connectivity index (χ1v) is 7.64. The average Bonchev–Trinajstić information content (AvgIpc) is 2.59. The highest BCUT2D eigenvalue weighted by molar-refractivity contribution is 4.75. The van der Waals surface area contributed by atoms with Crippen LogP contribution < -0.4 is 5.73 Å². The van der Waals surface area contributed by atoms with Gasteiger partial charge in [-0.05, 0) is 50.7 Å². The second kappa shape index (κ2) is 8.13. The van der Waals surface area contributed by atoms with Crippen molar-refractivity contribution in [1.29, 1.82) is 0 Å². The Bertz CT molecular complexity index is 219. The average molecular weight is 256 g/mol. The van der Waals surface area contributed by atoms with Crippen molar-refractivity contribution in [1.82, 2.24) is 4.90 Å². The first kappa shape index (κ1) is 15.9. The van der Waals surface area contributed by atoms with E-state index < -0.39 is 0 Å². The van der Waals surface area contributed by atoms with Gasteiger partial charge in [0.25, 0.3) is 0 Å². The Balaban J connectivity index is 2.23. The molecular formula is C15H32N2O. The summed E-state index contributed by atoms with van der Waals surface area (Å²) >= 11 is 0. The van der Waals surface area contributed by atoms with Gasteiger partial charge < -0.3 is 10.8 Å². The van der Waals surface area contributed by atoms with Gasteiger partial charge in [-0.1, -0.05) is 33.1 Å². The van der Waals surface area contributed by atoms with Crippen molar-refractivity contribution in [2.45, 2.75) is 64.8 Å². The summed E-state index contributed by atoms with van der Waals surface area (Å²) in [5, 5.41) is 9.45. The molecular weight excluding hydrogens is 224 g/mol. The van der Waals surface area contributed by atoms with E-state index in [9.17, 15) is 5.11 Å². The molecule has 0 saturated carbocycles. The maximum absolute atomic E-state index is 9.45. The SMILES string of the molecule is CC(C)(CN)CCCCN1CCCCCC1CO. The number of hydrogen-bond donors (Lipinski definition) is 2. The van der Waals surface area contributed by atoms with Crippen LogP contribution in [0.25, 0.3) is 0 Å². The molecule has 1 rings (SSSR count). The van der Waals surface area contributed by atoms with Crippen LogP contribution >= 0.6 is 0 Å². The van der Waals surface area contributed by atoms with E-state index in [1.807, 2.05) is 0 Å². The summed E-state index contributed by atoms with van der Waals surface area (Å²) in [5.74, 6) is 0. The highest BCUT2D eigenvalue weighted by Crippen LogP contribution is 2.22. The Morgan fingerprint density at radius 2 is 2.00 bits per heavy atom. The fraction of sp³-hybridized carbons (Fsp3) is 1.00. The van der Waals surface area contributed by atoms with Crippen molar-refractivity contribution in [3.05, 3.63) is 0 Å². The maximum atomic E-state index is 9.45. The predicted molar refractivity (Wildman–Crippen MR) is 77.6 cm³/mol. The van der Waals surface area contributed by atoms with E-state index in [1.54, 1.807) is 0 Å². The van der Waals surface area contributed by atoms with Crippen LogP contribution in [0.3, 0.4) is 0 Å². The van der Waals surface area contributed by atoms with Gasteiger partial charge in [-0.3, -0.25) is 4.90 Å². The lowest BCUT2D eigenvalue weighted by Gasteiger charge is -2.29. The van der Waals surface area contributed by atoms with Gasteiger partial charge >= 0.3 is 0 Å². The van der Waals surface area contributed by atoms with E-state index in [-0.39, 0.29) is 5.41 Å². The molecule has 1 aliphatic heterocycles. The van der Waals surface area contributed by atoms with E-state index in [0.717, 1.165) is 13.1 Å². The van der Waals surface area contributed by atoms with Gasteiger partial charge in [-0.2, -0.15) is 0 Å². The smallest absolute Gasteiger partial charge is 0.0586 e. The highest BCUT2D eigenvalue weighted by Gasteiger charge is 2.20. The molecule has 18 heavy (non-hydrogen) atoms. The number of unbranched alkanes of at least 4 members (excludes halogenated alkanes) is 1. The number of hydrogen-bond acceptors (Lipinski definition) is 3. The Kier molecular flexibility index (Phi) is 7.20. The molecule has 1 aliphatic rings. The fourth-order valence-electron chi connectivity index (χ4n) is 2.76. The molecule has 3 heteroatoms. The van der Waals surface area contributed by atoms with Crippen LogP contribution in [0.4, 0.5) is 0 Å². The molecule has 1 heterocycles. The number of rotatable bonds is 7. The second-order valence-corrected chi connectivity index (χ2v) is 6.55. The molecule has 0 spiro atoms. The molecule has 1 atom stereocenters. The van der Waals surface area contributed by atoms with E-state index in [2.05, 4.69) is 18.7 Å². The summed E-state index contributed by atoms with van der Waals surface area (Å²) in [4.78, 5) is 2.50. The normalized spacial score (nSPS) is 23.0. The van der Waals surface area contributed by atoms with E-state index in [4.69, 9.17) is 5.73 Å². The summed E-state index contributed by atoms with van der Waals surface area (Å²) in [7, 11) is 0. The zero-order valence-electron chi connectivity index (χ0n) is 12.3. The van der Waals surface area contributed by atoms with Crippen molar-refractivity contribution in [2.24, 2.45) is 11.1 Å². The summed E-state index contributed by atoms with van der Waals surface area (Å²) in [6, 6.07) is 0.412. The van der Waals surface area contributed by atoms with Gasteiger partial charge in [-0.15, -0.1) is 0 Å². The predicted octanol–water partition coefficient (Wildman–Crippen LogP) is 2.38. The van der Waals surface area contributed by atoms with E-state index >= 15 is 0 Å². The van der Waals surface area contributed by atoms with Gasteiger partial charge in [0.2, 0.25) is 0 Å². The van der Waals surface area contributed by atoms with Gasteiger partial charge in [0.15, 0.2) is 0 Å². The minimum absolute atomic E-state index is 0.287. The van der Waals surface area contributed by atoms with Crippen LogP contribution in [-0.2, 0) is 0 Å². The Hall–Kier alpha value is -0.120. The summed E-state index contributed by atoms with van der Waals surface area (Å²) < 4.78 is 0. The van der Waals surface area contributed by atoms with E-state index in [1.165, 1.54) is 51.5 Å². The number of nitrogens with zero attached hydrogens (tertiary/aromatic N) is 1. The second-order valence-electron chi connectivity index (χ2n) is 6.55. The van der Waals surface area contributed by atoms with Crippen molar-refractivity contribution in [3.63, 3.8) is 0 Å². The lowest BCUT2D eigenvalue weighted by molar-refractivity contribution is 0.121. The third-order valence-electron chi connectivity index (χ3n) is 4.31. The topological polar surface area (TPSA) is 49.5 Å². The molecule has 0 radical (unpaired) electrons. The minimum Gasteiger partial charge on any atom is -0.395 e. The molecule has 0 aliphatic carbocycles. The van der Waals surface area contributed by atoms with Gasteiger partial charge in [0, 0.05) is 6.04 Å². The molecule has 1 fully saturated rings. The monoisotopic (exact) mass is 256 g/mol. The molecule has 0 aromatic carbocycles. The summed E-state index contributed by atoms with van der Waals surface area (Å²) in [6.45, 7) is 7.91. The first-order chi connectivity index (χ1) is 8.59. The Morgan fingerprint density at radius 1 is 1.22 bits per heavy atom. The van der Waals surface area contributed by atoms with Gasteiger partial charge in [0.05, 0.1) is 6.61 Å². The molecule has 1 unspecified atom stereocenters. The third-order valence-corrected chi connectivity index (χ3v) is 4.31. The van der Waals surface area contributed by atoms with Crippen LogP contribution in [-0.4, -0.2) is 42.3 Å². The molecule has 108 valence electrons. The van der Waals surface area contributed by atoms with E-state index in [0.29, 0.717) is 12.6 Å². The Labute approximate surface area is 113 Å². The van der Waals surface area contributed by atoms with Crippen LogP contribution in [0, 0.1) is 5.41 Å². The standard InChI is InChI=1S/C15H32N2O/c1-15(2,13-16)9-5-7-11-17-10-6-3-4-8-14(17)12-18/h14,18H,3-13,16H2,1-2H3. The largest absolute Gasteiger partial charge is 0.395 e. The first-order valence-electron chi connectivity index (χ1n) is 7.64. The highest BCUT2D eigenvalue weighted by atomic mass is 16.3. The van der Waals surface area contributed by atoms with Crippen LogP contribution in [0.15, 0.2) is 0 Å².